The van der Waals surface area contributed by atoms with Crippen molar-refractivity contribution in [3.05, 3.63) is 76.8 Å². The van der Waals surface area contributed by atoms with E-state index >= 15 is 0 Å². The van der Waals surface area contributed by atoms with Crippen LogP contribution in [0.2, 0.25) is 0 Å². The minimum Gasteiger partial charge on any atom is -0.497 e. The van der Waals surface area contributed by atoms with Gasteiger partial charge in [-0.05, 0) is 29.7 Å². The first-order valence-corrected chi connectivity index (χ1v) is 12.3. The van der Waals surface area contributed by atoms with Gasteiger partial charge in [0.1, 0.15) is 23.5 Å². The van der Waals surface area contributed by atoms with Crippen molar-refractivity contribution in [2.75, 3.05) is 12.4 Å². The standard InChI is InChI=1S/C26H26N4O5S/c1-4-19(16-8-6-5-7-9-16)22(23(32)29-25-27-20(14-36-25)15(2)31)30-24(33)21(28-26(30)34)17-10-12-18(35-3)13-11-17/h5-14,19,21-22H,4H2,1-3H3,(H,28,34)(H,27,29,32)/t19-,21+,22-/m0/s1. The zero-order valence-electron chi connectivity index (χ0n) is 20.1. The molecule has 4 amide bonds. The molecule has 1 aliphatic heterocycles. The third-order valence-corrected chi connectivity index (χ3v) is 6.87. The number of ketones is 1. The molecule has 186 valence electrons. The summed E-state index contributed by atoms with van der Waals surface area (Å²) in [6.45, 7) is 3.28. The monoisotopic (exact) mass is 506 g/mol. The molecule has 3 aromatic rings. The number of hydrogen-bond donors (Lipinski definition) is 2. The van der Waals surface area contributed by atoms with E-state index in [0.717, 1.165) is 21.8 Å². The number of nitrogens with one attached hydrogen (secondary N) is 2. The highest BCUT2D eigenvalue weighted by atomic mass is 32.1. The lowest BCUT2D eigenvalue weighted by atomic mass is 9.87. The fraction of sp³-hybridized carbons (Fsp3) is 0.269. The van der Waals surface area contributed by atoms with Crippen LogP contribution in [0.25, 0.3) is 0 Å². The van der Waals surface area contributed by atoms with Crippen LogP contribution in [0.1, 0.15) is 53.8 Å². The van der Waals surface area contributed by atoms with E-state index in [4.69, 9.17) is 4.74 Å². The topological polar surface area (TPSA) is 118 Å². The van der Waals surface area contributed by atoms with Crippen LogP contribution in [0.5, 0.6) is 5.75 Å². The van der Waals surface area contributed by atoms with E-state index in [1.54, 1.807) is 36.8 Å². The molecule has 36 heavy (non-hydrogen) atoms. The van der Waals surface area contributed by atoms with E-state index in [1.165, 1.54) is 6.92 Å². The first kappa shape index (κ1) is 25.1. The van der Waals surface area contributed by atoms with Crippen molar-refractivity contribution in [3.8, 4) is 5.75 Å². The van der Waals surface area contributed by atoms with Gasteiger partial charge in [0.15, 0.2) is 10.9 Å². The Morgan fingerprint density at radius 1 is 1.14 bits per heavy atom. The average molecular weight is 507 g/mol. The summed E-state index contributed by atoms with van der Waals surface area (Å²) in [5, 5.41) is 7.20. The van der Waals surface area contributed by atoms with Crippen molar-refractivity contribution in [1.29, 1.82) is 0 Å². The maximum absolute atomic E-state index is 13.7. The number of carbonyl (C=O) groups is 4. The summed E-state index contributed by atoms with van der Waals surface area (Å²) in [4.78, 5) is 57.2. The molecule has 0 bridgehead atoms. The van der Waals surface area contributed by atoms with Crippen LogP contribution in [-0.2, 0) is 9.59 Å². The number of nitrogens with zero attached hydrogens (tertiary/aromatic N) is 2. The number of anilines is 1. The molecule has 2 heterocycles. The van der Waals surface area contributed by atoms with Crippen molar-refractivity contribution in [3.63, 3.8) is 0 Å². The largest absolute Gasteiger partial charge is 0.497 e. The minimum atomic E-state index is -1.14. The molecule has 10 heteroatoms. The summed E-state index contributed by atoms with van der Waals surface area (Å²) in [7, 11) is 1.54. The molecule has 1 aromatic heterocycles. The molecular weight excluding hydrogens is 480 g/mol. The fourth-order valence-corrected chi connectivity index (χ4v) is 5.03. The molecule has 1 saturated heterocycles. The normalized spacial score (nSPS) is 16.9. The fourth-order valence-electron chi connectivity index (χ4n) is 4.27. The number of carbonyl (C=O) groups excluding carboxylic acids is 4. The van der Waals surface area contributed by atoms with E-state index in [-0.39, 0.29) is 16.6 Å². The van der Waals surface area contributed by atoms with Crippen LogP contribution in [0.4, 0.5) is 9.93 Å². The Morgan fingerprint density at radius 3 is 2.42 bits per heavy atom. The first-order chi connectivity index (χ1) is 17.3. The van der Waals surface area contributed by atoms with Crippen molar-refractivity contribution in [2.45, 2.75) is 38.3 Å². The Morgan fingerprint density at radius 2 is 1.83 bits per heavy atom. The SMILES string of the molecule is CC[C@@H](c1ccccc1)[C@@H](C(=O)Nc1nc(C(C)=O)cs1)N1C(=O)N[C@H](c2ccc(OC)cc2)C1=O. The van der Waals surface area contributed by atoms with Gasteiger partial charge in [-0.3, -0.25) is 14.4 Å². The lowest BCUT2D eigenvalue weighted by Crippen LogP contribution is -2.51. The number of amides is 4. The van der Waals surface area contributed by atoms with Gasteiger partial charge in [-0.1, -0.05) is 49.4 Å². The van der Waals surface area contributed by atoms with Crippen LogP contribution in [0.3, 0.4) is 0 Å². The maximum Gasteiger partial charge on any atom is 0.325 e. The quantitative estimate of drug-likeness (QED) is 0.333. The van der Waals surface area contributed by atoms with Crippen molar-refractivity contribution in [1.82, 2.24) is 15.2 Å². The maximum atomic E-state index is 13.7. The second kappa shape index (κ2) is 10.7. The summed E-state index contributed by atoms with van der Waals surface area (Å²) in [5.41, 5.74) is 1.63. The van der Waals surface area contributed by atoms with Gasteiger partial charge in [0.2, 0.25) is 5.91 Å². The number of aromatic nitrogens is 1. The molecule has 4 rings (SSSR count). The third-order valence-electron chi connectivity index (χ3n) is 6.11. The lowest BCUT2D eigenvalue weighted by Gasteiger charge is -2.31. The van der Waals surface area contributed by atoms with Gasteiger partial charge in [-0.2, -0.15) is 0 Å². The van der Waals surface area contributed by atoms with Crippen LogP contribution in [-0.4, -0.2) is 46.7 Å². The Kier molecular flexibility index (Phi) is 7.44. The number of thiazole rings is 1. The van der Waals surface area contributed by atoms with E-state index < -0.39 is 35.8 Å². The summed E-state index contributed by atoms with van der Waals surface area (Å²) < 4.78 is 5.18. The predicted octanol–water partition coefficient (Wildman–Crippen LogP) is 4.15. The number of imide groups is 1. The summed E-state index contributed by atoms with van der Waals surface area (Å²) in [6, 6.07) is 13.4. The summed E-state index contributed by atoms with van der Waals surface area (Å²) >= 11 is 1.10. The highest BCUT2D eigenvalue weighted by Gasteiger charge is 2.48. The molecule has 3 atom stereocenters. The first-order valence-electron chi connectivity index (χ1n) is 11.4. The van der Waals surface area contributed by atoms with E-state index in [1.807, 2.05) is 37.3 Å². The van der Waals surface area contributed by atoms with Gasteiger partial charge in [0.05, 0.1) is 7.11 Å². The Balaban J connectivity index is 1.69. The zero-order valence-corrected chi connectivity index (χ0v) is 20.9. The van der Waals surface area contributed by atoms with Gasteiger partial charge < -0.3 is 15.4 Å². The highest BCUT2D eigenvalue weighted by molar-refractivity contribution is 7.14. The van der Waals surface area contributed by atoms with Crippen molar-refractivity contribution in [2.24, 2.45) is 0 Å². The molecule has 9 nitrogen and oxygen atoms in total. The highest BCUT2D eigenvalue weighted by Crippen LogP contribution is 2.33. The van der Waals surface area contributed by atoms with E-state index in [9.17, 15) is 19.2 Å². The Labute approximate surface area is 212 Å². The lowest BCUT2D eigenvalue weighted by molar-refractivity contribution is -0.134. The number of urea groups is 1. The number of benzene rings is 2. The van der Waals surface area contributed by atoms with Crippen molar-refractivity contribution >= 4 is 40.1 Å². The smallest absolute Gasteiger partial charge is 0.325 e. The number of methoxy groups -OCH3 is 1. The van der Waals surface area contributed by atoms with Crippen LogP contribution in [0.15, 0.2) is 60.0 Å². The molecule has 2 N–H and O–H groups in total. The van der Waals surface area contributed by atoms with Gasteiger partial charge in [-0.25, -0.2) is 14.7 Å². The molecular formula is C26H26N4O5S. The van der Waals surface area contributed by atoms with E-state index in [0.29, 0.717) is 17.7 Å². The van der Waals surface area contributed by atoms with Gasteiger partial charge >= 0.3 is 6.03 Å². The molecule has 0 spiro atoms. The van der Waals surface area contributed by atoms with E-state index in [2.05, 4.69) is 15.6 Å². The zero-order chi connectivity index (χ0) is 25.8. The van der Waals surface area contributed by atoms with Crippen molar-refractivity contribution < 1.29 is 23.9 Å². The number of Topliss-reactive ketones (excluding diaryl/α,β-unsaturated/α-hetero) is 1. The Bertz CT molecular complexity index is 1280. The summed E-state index contributed by atoms with van der Waals surface area (Å²) in [5.74, 6) is -1.16. The third kappa shape index (κ3) is 4.99. The van der Waals surface area contributed by atoms with Gasteiger partial charge in [0, 0.05) is 18.2 Å². The average Bonchev–Trinajstić information content (AvgIpc) is 3.47. The molecule has 0 saturated carbocycles. The molecule has 0 radical (unpaired) electrons. The van der Waals surface area contributed by atoms with Crippen LogP contribution in [0, 0.1) is 0 Å². The molecule has 2 aromatic carbocycles. The number of ether oxygens (including phenoxy) is 1. The summed E-state index contributed by atoms with van der Waals surface area (Å²) in [6.07, 6.45) is 0.489. The van der Waals surface area contributed by atoms with Gasteiger partial charge in [-0.15, -0.1) is 11.3 Å². The van der Waals surface area contributed by atoms with Crippen LogP contribution >= 0.6 is 11.3 Å². The van der Waals surface area contributed by atoms with Crippen LogP contribution < -0.4 is 15.4 Å². The minimum absolute atomic E-state index is 0.219. The molecule has 0 unspecified atom stereocenters. The molecule has 0 aliphatic carbocycles. The predicted molar refractivity (Wildman–Crippen MR) is 135 cm³/mol. The number of hydrogen-bond acceptors (Lipinski definition) is 7. The molecule has 1 fully saturated rings. The van der Waals surface area contributed by atoms with Gasteiger partial charge in [0.25, 0.3) is 5.91 Å². The second-order valence-corrected chi connectivity index (χ2v) is 9.18. The number of rotatable bonds is 9. The second-order valence-electron chi connectivity index (χ2n) is 8.32. The molecule has 1 aliphatic rings. The Hall–Kier alpha value is -4.05.